The van der Waals surface area contributed by atoms with E-state index in [9.17, 15) is 9.59 Å². The van der Waals surface area contributed by atoms with Gasteiger partial charge in [-0.3, -0.25) is 4.79 Å². The van der Waals surface area contributed by atoms with Crippen LogP contribution in [0.2, 0.25) is 0 Å². The highest BCUT2D eigenvalue weighted by atomic mass is 32.1. The minimum absolute atomic E-state index is 0.00704. The van der Waals surface area contributed by atoms with Gasteiger partial charge in [0.15, 0.2) is 0 Å². The highest BCUT2D eigenvalue weighted by Crippen LogP contribution is 2.26. The molecule has 0 spiro atoms. The first-order valence-corrected chi connectivity index (χ1v) is 8.04. The third kappa shape index (κ3) is 4.29. The molecule has 0 fully saturated rings. The molecule has 0 radical (unpaired) electrons. The summed E-state index contributed by atoms with van der Waals surface area (Å²) in [6.45, 7) is 0. The van der Waals surface area contributed by atoms with Crippen molar-refractivity contribution in [3.8, 4) is 5.75 Å². The van der Waals surface area contributed by atoms with Crippen LogP contribution < -0.4 is 10.1 Å². The van der Waals surface area contributed by atoms with Crippen molar-refractivity contribution in [1.29, 1.82) is 0 Å². The van der Waals surface area contributed by atoms with Crippen LogP contribution in [0.1, 0.15) is 21.5 Å². The van der Waals surface area contributed by atoms with Gasteiger partial charge in [-0.1, -0.05) is 42.5 Å². The largest absolute Gasteiger partial charge is 0.496 e. The molecule has 0 unspecified atom stereocenters. The molecule has 2 N–H and O–H groups in total. The van der Waals surface area contributed by atoms with Gasteiger partial charge in [0.2, 0.25) is 0 Å². The van der Waals surface area contributed by atoms with Crippen LogP contribution in [0.15, 0.2) is 48.5 Å². The number of carboxylic acids is 1. The van der Waals surface area contributed by atoms with Crippen molar-refractivity contribution in [3.05, 3.63) is 65.2 Å². The molecule has 0 aliphatic heterocycles. The SMILES string of the molecule is COc1c(Cc2ccccc2)cccc1C(=O)N[C@H](CS)C(=O)O. The van der Waals surface area contributed by atoms with Crippen molar-refractivity contribution in [2.75, 3.05) is 12.9 Å². The summed E-state index contributed by atoms with van der Waals surface area (Å²) in [5.41, 5.74) is 2.25. The maximum atomic E-state index is 12.4. The Bertz CT molecular complexity index is 718. The molecule has 0 saturated carbocycles. The lowest BCUT2D eigenvalue weighted by molar-refractivity contribution is -0.138. The molecule has 1 atom stereocenters. The number of methoxy groups -OCH3 is 1. The molecule has 0 aliphatic carbocycles. The van der Waals surface area contributed by atoms with Crippen LogP contribution >= 0.6 is 12.6 Å². The van der Waals surface area contributed by atoms with Gasteiger partial charge in [0.1, 0.15) is 11.8 Å². The third-order valence-electron chi connectivity index (χ3n) is 3.57. The summed E-state index contributed by atoms with van der Waals surface area (Å²) in [5, 5.41) is 11.5. The highest BCUT2D eigenvalue weighted by molar-refractivity contribution is 7.80. The Labute approximate surface area is 146 Å². The van der Waals surface area contributed by atoms with Crippen LogP contribution in [0.4, 0.5) is 0 Å². The van der Waals surface area contributed by atoms with E-state index in [2.05, 4.69) is 17.9 Å². The number of carbonyl (C=O) groups excluding carboxylic acids is 1. The molecule has 0 aliphatic rings. The second kappa shape index (κ2) is 8.40. The molecule has 2 aromatic rings. The lowest BCUT2D eigenvalue weighted by atomic mass is 10.0. The summed E-state index contributed by atoms with van der Waals surface area (Å²) in [6.07, 6.45) is 0.611. The van der Waals surface area contributed by atoms with E-state index in [1.807, 2.05) is 36.4 Å². The van der Waals surface area contributed by atoms with Crippen LogP contribution in [0.3, 0.4) is 0 Å². The Morgan fingerprint density at radius 2 is 1.88 bits per heavy atom. The number of carbonyl (C=O) groups is 2. The van der Waals surface area contributed by atoms with Crippen molar-refractivity contribution >= 4 is 24.5 Å². The summed E-state index contributed by atoms with van der Waals surface area (Å²) in [7, 11) is 1.49. The number of aliphatic carboxylic acids is 1. The second-order valence-electron chi connectivity index (χ2n) is 5.21. The minimum atomic E-state index is -1.13. The lowest BCUT2D eigenvalue weighted by Gasteiger charge is -2.16. The molecule has 24 heavy (non-hydrogen) atoms. The topological polar surface area (TPSA) is 75.6 Å². The van der Waals surface area contributed by atoms with Crippen LogP contribution in [-0.4, -0.2) is 35.9 Å². The van der Waals surface area contributed by atoms with Gasteiger partial charge in [-0.05, 0) is 17.2 Å². The van der Waals surface area contributed by atoms with Crippen molar-refractivity contribution < 1.29 is 19.4 Å². The predicted molar refractivity (Wildman–Crippen MR) is 95.0 cm³/mol. The minimum Gasteiger partial charge on any atom is -0.496 e. The van der Waals surface area contributed by atoms with Crippen molar-refractivity contribution in [3.63, 3.8) is 0 Å². The van der Waals surface area contributed by atoms with Crippen molar-refractivity contribution in [2.24, 2.45) is 0 Å². The fraction of sp³-hybridized carbons (Fsp3) is 0.222. The molecular weight excluding hydrogens is 326 g/mol. The van der Waals surface area contributed by atoms with Gasteiger partial charge in [0, 0.05) is 12.2 Å². The lowest BCUT2D eigenvalue weighted by Crippen LogP contribution is -2.42. The highest BCUT2D eigenvalue weighted by Gasteiger charge is 2.22. The van der Waals surface area contributed by atoms with Crippen LogP contribution in [-0.2, 0) is 11.2 Å². The van der Waals surface area contributed by atoms with Crippen LogP contribution in [0.25, 0.3) is 0 Å². The van der Waals surface area contributed by atoms with Crippen LogP contribution in [0.5, 0.6) is 5.75 Å². The Balaban J connectivity index is 2.29. The molecule has 0 heterocycles. The number of rotatable bonds is 7. The van der Waals surface area contributed by atoms with E-state index in [1.54, 1.807) is 12.1 Å². The molecule has 6 heteroatoms. The van der Waals surface area contributed by atoms with Crippen molar-refractivity contribution in [2.45, 2.75) is 12.5 Å². The molecule has 126 valence electrons. The number of nitrogens with one attached hydrogen (secondary N) is 1. The Morgan fingerprint density at radius 3 is 2.46 bits per heavy atom. The molecule has 1 amide bonds. The maximum Gasteiger partial charge on any atom is 0.327 e. The van der Waals surface area contributed by atoms with E-state index in [-0.39, 0.29) is 5.75 Å². The Morgan fingerprint density at radius 1 is 1.17 bits per heavy atom. The normalized spacial score (nSPS) is 11.6. The van der Waals surface area contributed by atoms with Gasteiger partial charge in [0.05, 0.1) is 12.7 Å². The summed E-state index contributed by atoms with van der Waals surface area (Å²) < 4.78 is 5.42. The number of ether oxygens (including phenoxy) is 1. The predicted octanol–water partition coefficient (Wildman–Crippen LogP) is 2.40. The number of benzene rings is 2. The van der Waals surface area contributed by atoms with Crippen LogP contribution in [0, 0.1) is 0 Å². The molecule has 0 bridgehead atoms. The van der Waals surface area contributed by atoms with E-state index >= 15 is 0 Å². The maximum absolute atomic E-state index is 12.4. The van der Waals surface area contributed by atoms with Gasteiger partial charge < -0.3 is 15.2 Å². The van der Waals surface area contributed by atoms with Gasteiger partial charge in [-0.15, -0.1) is 0 Å². The average Bonchev–Trinajstić information content (AvgIpc) is 2.59. The fourth-order valence-electron chi connectivity index (χ4n) is 2.38. The number of amides is 1. The first-order valence-electron chi connectivity index (χ1n) is 7.41. The average molecular weight is 345 g/mol. The molecule has 2 rings (SSSR count). The number of thiol groups is 1. The zero-order chi connectivity index (χ0) is 17.5. The summed E-state index contributed by atoms with van der Waals surface area (Å²) in [4.78, 5) is 23.5. The Kier molecular flexibility index (Phi) is 6.26. The number of hydrogen-bond donors (Lipinski definition) is 3. The zero-order valence-electron chi connectivity index (χ0n) is 13.2. The van der Waals surface area contributed by atoms with E-state index < -0.39 is 17.9 Å². The molecule has 2 aromatic carbocycles. The van der Waals surface area contributed by atoms with E-state index in [4.69, 9.17) is 9.84 Å². The quantitative estimate of drug-likeness (QED) is 0.674. The zero-order valence-corrected chi connectivity index (χ0v) is 14.1. The molecule has 0 aromatic heterocycles. The molecule has 0 saturated heterocycles. The number of hydrogen-bond acceptors (Lipinski definition) is 4. The first-order chi connectivity index (χ1) is 11.6. The van der Waals surface area contributed by atoms with E-state index in [1.165, 1.54) is 7.11 Å². The van der Waals surface area contributed by atoms with Gasteiger partial charge in [-0.25, -0.2) is 4.79 Å². The van der Waals surface area contributed by atoms with Crippen molar-refractivity contribution in [1.82, 2.24) is 5.32 Å². The van der Waals surface area contributed by atoms with E-state index in [0.717, 1.165) is 11.1 Å². The summed E-state index contributed by atoms with van der Waals surface area (Å²) >= 11 is 3.95. The second-order valence-corrected chi connectivity index (χ2v) is 5.57. The van der Waals surface area contributed by atoms with Gasteiger partial charge in [-0.2, -0.15) is 12.6 Å². The number of carboxylic acid groups (broad SMARTS) is 1. The van der Waals surface area contributed by atoms with Gasteiger partial charge in [0.25, 0.3) is 5.91 Å². The standard InChI is InChI=1S/C18H19NO4S/c1-23-16-13(10-12-6-3-2-4-7-12)8-5-9-14(16)17(20)19-15(11-24)18(21)22/h2-9,15,24H,10-11H2,1H3,(H,19,20)(H,21,22)/t15-/m1/s1. The monoisotopic (exact) mass is 345 g/mol. The number of para-hydroxylation sites is 1. The van der Waals surface area contributed by atoms with E-state index in [0.29, 0.717) is 17.7 Å². The first kappa shape index (κ1) is 17.9. The molecule has 5 nitrogen and oxygen atoms in total. The Hall–Kier alpha value is -2.47. The summed E-state index contributed by atoms with van der Waals surface area (Å²) in [5.74, 6) is -1.17. The molecular formula is C18H19NO4S. The fourth-order valence-corrected chi connectivity index (χ4v) is 2.63. The third-order valence-corrected chi connectivity index (χ3v) is 3.93. The summed E-state index contributed by atoms with van der Waals surface area (Å²) in [6, 6.07) is 14.0. The smallest absolute Gasteiger partial charge is 0.327 e. The van der Waals surface area contributed by atoms with Gasteiger partial charge >= 0.3 is 5.97 Å².